The van der Waals surface area contributed by atoms with Crippen LogP contribution in [0, 0.1) is 0 Å². The van der Waals surface area contributed by atoms with Gasteiger partial charge in [-0.3, -0.25) is 14.7 Å². The maximum absolute atomic E-state index is 12.4. The third-order valence-corrected chi connectivity index (χ3v) is 4.62. The van der Waals surface area contributed by atoms with E-state index in [0.717, 1.165) is 17.7 Å². The molecule has 0 spiro atoms. The number of pyridine rings is 1. The molecule has 0 N–H and O–H groups in total. The van der Waals surface area contributed by atoms with Gasteiger partial charge in [-0.1, -0.05) is 31.2 Å². The van der Waals surface area contributed by atoms with Crippen LogP contribution in [0.25, 0.3) is 6.08 Å². The number of rotatable bonds is 3. The zero-order valence-electron chi connectivity index (χ0n) is 13.1. The maximum Gasteiger partial charge on any atom is 0.266 e. The first kappa shape index (κ1) is 15.5. The van der Waals surface area contributed by atoms with Gasteiger partial charge < -0.3 is 0 Å². The van der Waals surface area contributed by atoms with Crippen LogP contribution < -0.4 is 0 Å². The highest BCUT2D eigenvalue weighted by atomic mass is 32.2. The van der Waals surface area contributed by atoms with E-state index < -0.39 is 0 Å². The normalized spacial score (nSPS) is 18.2. The molecule has 2 aromatic rings. The van der Waals surface area contributed by atoms with Crippen molar-refractivity contribution in [2.75, 3.05) is 7.05 Å². The first-order valence-corrected chi connectivity index (χ1v) is 8.24. The summed E-state index contributed by atoms with van der Waals surface area (Å²) >= 11 is 1.39. The molecule has 0 saturated carbocycles. The third kappa shape index (κ3) is 3.51. The standard InChI is InChI=1S/C18H17N3OS/c1-3-13-6-8-14(9-7-13)11-16-17(22)21(2)18(23-16)20-15-5-4-10-19-12-15/h4-12H,3H2,1-2H3/b16-11-,20-18?. The average Bonchev–Trinajstić information content (AvgIpc) is 2.84. The van der Waals surface area contributed by atoms with Crippen LogP contribution in [0.1, 0.15) is 18.1 Å². The van der Waals surface area contributed by atoms with Crippen molar-refractivity contribution >= 4 is 34.6 Å². The van der Waals surface area contributed by atoms with Crippen LogP contribution in [0.2, 0.25) is 0 Å². The zero-order chi connectivity index (χ0) is 16.2. The molecule has 116 valence electrons. The number of amidine groups is 1. The third-order valence-electron chi connectivity index (χ3n) is 3.56. The fourth-order valence-corrected chi connectivity index (χ4v) is 3.17. The van der Waals surface area contributed by atoms with Gasteiger partial charge in [-0.25, -0.2) is 4.99 Å². The summed E-state index contributed by atoms with van der Waals surface area (Å²) in [6, 6.07) is 11.9. The molecule has 1 saturated heterocycles. The Morgan fingerprint density at radius 2 is 2.04 bits per heavy atom. The lowest BCUT2D eigenvalue weighted by Crippen LogP contribution is -2.23. The second-order valence-electron chi connectivity index (χ2n) is 5.18. The highest BCUT2D eigenvalue weighted by molar-refractivity contribution is 8.18. The second-order valence-corrected chi connectivity index (χ2v) is 6.18. The molecule has 0 unspecified atom stereocenters. The van der Waals surface area contributed by atoms with Gasteiger partial charge in [-0.15, -0.1) is 0 Å². The molecule has 0 atom stereocenters. The number of aliphatic imine (C=N–C) groups is 1. The number of thioether (sulfide) groups is 1. The van der Waals surface area contributed by atoms with Gasteiger partial charge in [0.25, 0.3) is 5.91 Å². The number of benzene rings is 1. The molecule has 1 aromatic heterocycles. The molecule has 1 fully saturated rings. The summed E-state index contributed by atoms with van der Waals surface area (Å²) in [6.07, 6.45) is 6.30. The van der Waals surface area contributed by atoms with Crippen LogP contribution >= 0.6 is 11.8 Å². The fourth-order valence-electron chi connectivity index (χ4n) is 2.18. The molecule has 5 heteroatoms. The van der Waals surface area contributed by atoms with Gasteiger partial charge in [0.2, 0.25) is 0 Å². The monoisotopic (exact) mass is 323 g/mol. The Balaban J connectivity index is 1.85. The molecule has 0 bridgehead atoms. The van der Waals surface area contributed by atoms with Crippen LogP contribution in [0.15, 0.2) is 58.7 Å². The lowest BCUT2D eigenvalue weighted by Gasteiger charge is -2.06. The Kier molecular flexibility index (Phi) is 4.57. The highest BCUT2D eigenvalue weighted by Gasteiger charge is 2.30. The number of nitrogens with zero attached hydrogens (tertiary/aromatic N) is 3. The topological polar surface area (TPSA) is 45.6 Å². The van der Waals surface area contributed by atoms with E-state index in [1.54, 1.807) is 24.3 Å². The Morgan fingerprint density at radius 3 is 2.70 bits per heavy atom. The summed E-state index contributed by atoms with van der Waals surface area (Å²) in [5, 5.41) is 0.666. The minimum Gasteiger partial charge on any atom is -0.290 e. The van der Waals surface area contributed by atoms with Crippen LogP contribution in [-0.4, -0.2) is 28.0 Å². The number of likely N-dealkylation sites (N-methyl/N-ethyl adjacent to an activating group) is 1. The van der Waals surface area contributed by atoms with E-state index >= 15 is 0 Å². The van der Waals surface area contributed by atoms with E-state index in [4.69, 9.17) is 0 Å². The van der Waals surface area contributed by atoms with Crippen molar-refractivity contribution in [3.63, 3.8) is 0 Å². The summed E-state index contributed by atoms with van der Waals surface area (Å²) in [5.41, 5.74) is 3.05. The summed E-state index contributed by atoms with van der Waals surface area (Å²) in [6.45, 7) is 2.12. The molecule has 23 heavy (non-hydrogen) atoms. The Bertz CT molecular complexity index is 767. The average molecular weight is 323 g/mol. The molecule has 1 aliphatic heterocycles. The molecule has 1 aromatic carbocycles. The quantitative estimate of drug-likeness (QED) is 0.805. The first-order chi connectivity index (χ1) is 11.2. The summed E-state index contributed by atoms with van der Waals surface area (Å²) < 4.78 is 0. The lowest BCUT2D eigenvalue weighted by atomic mass is 10.1. The number of aryl methyl sites for hydroxylation is 1. The van der Waals surface area contributed by atoms with E-state index in [0.29, 0.717) is 10.1 Å². The number of amides is 1. The first-order valence-electron chi connectivity index (χ1n) is 7.42. The van der Waals surface area contributed by atoms with Crippen molar-refractivity contribution in [2.24, 2.45) is 4.99 Å². The van der Waals surface area contributed by atoms with E-state index in [1.165, 1.54) is 17.3 Å². The molecule has 4 nitrogen and oxygen atoms in total. The Labute approximate surface area is 140 Å². The molecule has 1 aliphatic rings. The summed E-state index contributed by atoms with van der Waals surface area (Å²) in [7, 11) is 1.74. The van der Waals surface area contributed by atoms with E-state index in [2.05, 4.69) is 29.0 Å². The van der Waals surface area contributed by atoms with Gasteiger partial charge in [0.15, 0.2) is 5.17 Å². The fraction of sp³-hybridized carbons (Fsp3) is 0.167. The van der Waals surface area contributed by atoms with E-state index in [-0.39, 0.29) is 5.91 Å². The van der Waals surface area contributed by atoms with Crippen molar-refractivity contribution in [1.82, 2.24) is 9.88 Å². The van der Waals surface area contributed by atoms with E-state index in [1.807, 2.05) is 30.3 Å². The van der Waals surface area contributed by atoms with Gasteiger partial charge in [0.1, 0.15) is 0 Å². The van der Waals surface area contributed by atoms with Crippen LogP contribution in [0.5, 0.6) is 0 Å². The Morgan fingerprint density at radius 1 is 1.26 bits per heavy atom. The highest BCUT2D eigenvalue weighted by Crippen LogP contribution is 2.32. The number of carbonyl (C=O) groups is 1. The van der Waals surface area contributed by atoms with Crippen LogP contribution in [0.3, 0.4) is 0 Å². The lowest BCUT2D eigenvalue weighted by molar-refractivity contribution is -0.121. The predicted octanol–water partition coefficient (Wildman–Crippen LogP) is 3.88. The summed E-state index contributed by atoms with van der Waals surface area (Å²) in [5.74, 6) is -0.0304. The van der Waals surface area contributed by atoms with Gasteiger partial charge >= 0.3 is 0 Å². The molecular formula is C18H17N3OS. The van der Waals surface area contributed by atoms with Crippen molar-refractivity contribution < 1.29 is 4.79 Å². The number of aromatic nitrogens is 1. The van der Waals surface area contributed by atoms with Crippen LogP contribution in [-0.2, 0) is 11.2 Å². The minimum atomic E-state index is -0.0304. The smallest absolute Gasteiger partial charge is 0.266 e. The second kappa shape index (κ2) is 6.79. The number of hydrogen-bond donors (Lipinski definition) is 0. The van der Waals surface area contributed by atoms with Crippen molar-refractivity contribution in [2.45, 2.75) is 13.3 Å². The SMILES string of the molecule is CCc1ccc(/C=C2\SC(=Nc3cccnc3)N(C)C2=O)cc1. The molecule has 2 heterocycles. The number of hydrogen-bond acceptors (Lipinski definition) is 4. The van der Waals surface area contributed by atoms with E-state index in [9.17, 15) is 4.79 Å². The zero-order valence-corrected chi connectivity index (χ0v) is 13.9. The number of carbonyl (C=O) groups excluding carboxylic acids is 1. The molecular weight excluding hydrogens is 306 g/mol. The molecule has 3 rings (SSSR count). The van der Waals surface area contributed by atoms with Crippen LogP contribution in [0.4, 0.5) is 5.69 Å². The van der Waals surface area contributed by atoms with Gasteiger partial charge in [-0.05, 0) is 47.5 Å². The minimum absolute atomic E-state index is 0.0304. The van der Waals surface area contributed by atoms with Crippen molar-refractivity contribution in [3.05, 3.63) is 64.8 Å². The van der Waals surface area contributed by atoms with Crippen molar-refractivity contribution in [1.29, 1.82) is 0 Å². The molecule has 0 aliphatic carbocycles. The maximum atomic E-state index is 12.4. The summed E-state index contributed by atoms with van der Waals surface area (Å²) in [4.78, 5) is 23.2. The Hall–Kier alpha value is -2.40. The molecule has 0 radical (unpaired) electrons. The van der Waals surface area contributed by atoms with Gasteiger partial charge in [0, 0.05) is 13.2 Å². The predicted molar refractivity (Wildman–Crippen MR) is 95.5 cm³/mol. The largest absolute Gasteiger partial charge is 0.290 e. The molecule has 1 amide bonds. The van der Waals surface area contributed by atoms with Gasteiger partial charge in [-0.2, -0.15) is 0 Å². The van der Waals surface area contributed by atoms with Gasteiger partial charge in [0.05, 0.1) is 16.8 Å². The van der Waals surface area contributed by atoms with Crippen molar-refractivity contribution in [3.8, 4) is 0 Å².